The number of nitrogens with one attached hydrogen (secondary N) is 2. The normalized spacial score (nSPS) is 18.3. The van der Waals surface area contributed by atoms with Gasteiger partial charge < -0.3 is 25.4 Å². The Morgan fingerprint density at radius 1 is 1.09 bits per heavy atom. The standard InChI is InChI=1S/C27H31N5O3/c33-18-19-4-1-6-21(14-19)26-30-24(16-25(31-26)32-10-12-35-13-11-32)20-5-2-8-23(15-20)29-27(34)22-7-3-9-28-17-22/h1-2,4-6,8,14-16,22,28,33H,3,7,9-13,17-18H2,(H,29,34). The first-order valence-corrected chi connectivity index (χ1v) is 12.2. The number of ether oxygens (including phenoxy) is 1. The lowest BCUT2D eigenvalue weighted by molar-refractivity contribution is -0.120. The quantitative estimate of drug-likeness (QED) is 0.506. The Hall–Kier alpha value is -3.33. The monoisotopic (exact) mass is 473 g/mol. The van der Waals surface area contributed by atoms with Gasteiger partial charge in [-0.05, 0) is 43.1 Å². The Balaban J connectivity index is 1.48. The van der Waals surface area contributed by atoms with E-state index in [1.165, 1.54) is 0 Å². The molecule has 1 unspecified atom stereocenters. The smallest absolute Gasteiger partial charge is 0.228 e. The third kappa shape index (κ3) is 5.67. The van der Waals surface area contributed by atoms with E-state index in [0.29, 0.717) is 19.0 Å². The van der Waals surface area contributed by atoms with E-state index in [4.69, 9.17) is 14.7 Å². The highest BCUT2D eigenvalue weighted by Crippen LogP contribution is 2.29. The lowest BCUT2D eigenvalue weighted by Crippen LogP contribution is -2.37. The third-order valence-corrected chi connectivity index (χ3v) is 6.51. The number of benzene rings is 2. The minimum absolute atomic E-state index is 0.00946. The van der Waals surface area contributed by atoms with Crippen LogP contribution in [0.4, 0.5) is 11.5 Å². The van der Waals surface area contributed by atoms with E-state index in [1.807, 2.05) is 54.6 Å². The molecule has 1 aromatic heterocycles. The number of rotatable bonds is 6. The summed E-state index contributed by atoms with van der Waals surface area (Å²) in [5.74, 6) is 1.48. The Bertz CT molecular complexity index is 1170. The van der Waals surface area contributed by atoms with Crippen LogP contribution in [0, 0.1) is 5.92 Å². The number of aliphatic hydroxyl groups excluding tert-OH is 1. The van der Waals surface area contributed by atoms with Crippen molar-refractivity contribution in [3.63, 3.8) is 0 Å². The summed E-state index contributed by atoms with van der Waals surface area (Å²) in [4.78, 5) is 24.7. The second kappa shape index (κ2) is 10.9. The van der Waals surface area contributed by atoms with Crippen LogP contribution in [0.25, 0.3) is 22.6 Å². The SMILES string of the molecule is O=C(Nc1cccc(-c2cc(N3CCOCC3)nc(-c3cccc(CO)c3)n2)c1)C1CCCNC1. The second-order valence-corrected chi connectivity index (χ2v) is 9.01. The Labute approximate surface area is 205 Å². The van der Waals surface area contributed by atoms with Crippen molar-refractivity contribution < 1.29 is 14.6 Å². The first-order chi connectivity index (χ1) is 17.2. The van der Waals surface area contributed by atoms with Gasteiger partial charge in [-0.3, -0.25) is 4.79 Å². The molecule has 8 heteroatoms. The van der Waals surface area contributed by atoms with Crippen LogP contribution in [0.5, 0.6) is 0 Å². The minimum atomic E-state index is -0.0396. The van der Waals surface area contributed by atoms with Crippen molar-refractivity contribution >= 4 is 17.4 Å². The number of morpholine rings is 1. The summed E-state index contributed by atoms with van der Waals surface area (Å²) in [6.45, 7) is 4.50. The molecular weight excluding hydrogens is 442 g/mol. The molecule has 2 aliphatic rings. The molecule has 35 heavy (non-hydrogen) atoms. The summed E-state index contributed by atoms with van der Waals surface area (Å²) in [5.41, 5.74) is 4.10. The molecule has 3 aromatic rings. The van der Waals surface area contributed by atoms with E-state index in [9.17, 15) is 9.90 Å². The van der Waals surface area contributed by atoms with Gasteiger partial charge in [0.1, 0.15) is 5.82 Å². The van der Waals surface area contributed by atoms with Gasteiger partial charge in [-0.25, -0.2) is 9.97 Å². The van der Waals surface area contributed by atoms with Gasteiger partial charge >= 0.3 is 0 Å². The number of piperidine rings is 1. The number of aliphatic hydroxyl groups is 1. The molecule has 182 valence electrons. The summed E-state index contributed by atoms with van der Waals surface area (Å²) >= 11 is 0. The maximum absolute atomic E-state index is 12.8. The fourth-order valence-electron chi connectivity index (χ4n) is 4.55. The number of hydrogen-bond donors (Lipinski definition) is 3. The van der Waals surface area contributed by atoms with Gasteiger partial charge in [-0.1, -0.05) is 30.3 Å². The molecule has 5 rings (SSSR count). The van der Waals surface area contributed by atoms with Gasteiger partial charge in [0.25, 0.3) is 0 Å². The largest absolute Gasteiger partial charge is 0.392 e. The van der Waals surface area contributed by atoms with E-state index in [0.717, 1.165) is 72.9 Å². The Kier molecular flexibility index (Phi) is 7.32. The minimum Gasteiger partial charge on any atom is -0.392 e. The van der Waals surface area contributed by atoms with E-state index >= 15 is 0 Å². The van der Waals surface area contributed by atoms with Crippen LogP contribution < -0.4 is 15.5 Å². The molecule has 0 bridgehead atoms. The van der Waals surface area contributed by atoms with Gasteiger partial charge in [-0.2, -0.15) is 0 Å². The predicted octanol–water partition coefficient (Wildman–Crippen LogP) is 3.08. The van der Waals surface area contributed by atoms with Gasteiger partial charge in [0.05, 0.1) is 31.4 Å². The number of nitrogens with zero attached hydrogens (tertiary/aromatic N) is 3. The van der Waals surface area contributed by atoms with Gasteiger partial charge in [0.15, 0.2) is 5.82 Å². The molecule has 0 aliphatic carbocycles. The van der Waals surface area contributed by atoms with Crippen LogP contribution in [-0.2, 0) is 16.1 Å². The van der Waals surface area contributed by atoms with Crippen molar-refractivity contribution in [2.24, 2.45) is 5.92 Å². The number of amides is 1. The zero-order valence-electron chi connectivity index (χ0n) is 19.7. The molecular formula is C27H31N5O3. The maximum atomic E-state index is 12.8. The Morgan fingerprint density at radius 3 is 2.71 bits per heavy atom. The van der Waals surface area contributed by atoms with Crippen LogP contribution in [0.2, 0.25) is 0 Å². The lowest BCUT2D eigenvalue weighted by atomic mass is 9.98. The number of carbonyl (C=O) groups excluding carboxylic acids is 1. The first kappa shape index (κ1) is 23.4. The van der Waals surface area contributed by atoms with Crippen LogP contribution in [0.3, 0.4) is 0 Å². The van der Waals surface area contributed by atoms with E-state index in [2.05, 4.69) is 15.5 Å². The van der Waals surface area contributed by atoms with Crippen LogP contribution in [0.1, 0.15) is 18.4 Å². The summed E-state index contributed by atoms with van der Waals surface area (Å²) in [5, 5.41) is 16.0. The summed E-state index contributed by atoms with van der Waals surface area (Å²) < 4.78 is 5.53. The average Bonchev–Trinajstić information content (AvgIpc) is 2.94. The van der Waals surface area contributed by atoms with Crippen molar-refractivity contribution in [1.82, 2.24) is 15.3 Å². The molecule has 3 heterocycles. The first-order valence-electron chi connectivity index (χ1n) is 12.2. The fourth-order valence-corrected chi connectivity index (χ4v) is 4.55. The van der Waals surface area contributed by atoms with Crippen molar-refractivity contribution in [1.29, 1.82) is 0 Å². The van der Waals surface area contributed by atoms with E-state index in [1.54, 1.807) is 0 Å². The van der Waals surface area contributed by atoms with Crippen molar-refractivity contribution in [2.45, 2.75) is 19.4 Å². The topological polar surface area (TPSA) is 99.6 Å². The highest BCUT2D eigenvalue weighted by molar-refractivity contribution is 5.93. The third-order valence-electron chi connectivity index (χ3n) is 6.51. The highest BCUT2D eigenvalue weighted by atomic mass is 16.5. The molecule has 3 N–H and O–H groups in total. The molecule has 1 amide bonds. The van der Waals surface area contributed by atoms with Crippen molar-refractivity contribution in [3.8, 4) is 22.6 Å². The zero-order chi connectivity index (χ0) is 24.0. The molecule has 2 saturated heterocycles. The van der Waals surface area contributed by atoms with Crippen LogP contribution in [0.15, 0.2) is 54.6 Å². The second-order valence-electron chi connectivity index (χ2n) is 9.01. The van der Waals surface area contributed by atoms with Gasteiger partial charge in [-0.15, -0.1) is 0 Å². The molecule has 0 saturated carbocycles. The zero-order valence-corrected chi connectivity index (χ0v) is 19.7. The number of carbonyl (C=O) groups is 1. The van der Waals surface area contributed by atoms with Crippen LogP contribution in [-0.4, -0.2) is 60.4 Å². The number of anilines is 2. The lowest BCUT2D eigenvalue weighted by Gasteiger charge is -2.28. The van der Waals surface area contributed by atoms with Gasteiger partial charge in [0, 0.05) is 42.5 Å². The maximum Gasteiger partial charge on any atom is 0.228 e. The van der Waals surface area contributed by atoms with E-state index in [-0.39, 0.29) is 18.4 Å². The molecule has 2 aliphatic heterocycles. The summed E-state index contributed by atoms with van der Waals surface area (Å²) in [6.07, 6.45) is 1.92. The van der Waals surface area contributed by atoms with Crippen molar-refractivity contribution in [2.75, 3.05) is 49.6 Å². The fraction of sp³-hybridized carbons (Fsp3) is 0.370. The predicted molar refractivity (Wildman–Crippen MR) is 136 cm³/mol. The van der Waals surface area contributed by atoms with E-state index < -0.39 is 0 Å². The molecule has 0 spiro atoms. The van der Waals surface area contributed by atoms with Gasteiger partial charge in [0.2, 0.25) is 5.91 Å². The van der Waals surface area contributed by atoms with Crippen LogP contribution >= 0.6 is 0 Å². The summed E-state index contributed by atoms with van der Waals surface area (Å²) in [7, 11) is 0. The number of hydrogen-bond acceptors (Lipinski definition) is 7. The molecule has 0 radical (unpaired) electrons. The molecule has 1 atom stereocenters. The number of aromatic nitrogens is 2. The molecule has 2 fully saturated rings. The summed E-state index contributed by atoms with van der Waals surface area (Å²) in [6, 6.07) is 17.5. The Morgan fingerprint density at radius 2 is 1.91 bits per heavy atom. The highest BCUT2D eigenvalue weighted by Gasteiger charge is 2.21. The average molecular weight is 474 g/mol. The molecule has 2 aromatic carbocycles. The van der Waals surface area contributed by atoms with Crippen molar-refractivity contribution in [3.05, 3.63) is 60.2 Å². The molecule has 8 nitrogen and oxygen atoms in total.